The Morgan fingerprint density at radius 1 is 1.03 bits per heavy atom. The molecule has 1 saturated heterocycles. The standard InChI is InChI=1S/C23H19ClN4O3S2/c24-18-10-7-16(8-11-18)22-26-27-23(32-22)25-21(29)20-6-3-13-28(20)33(30,31)19-12-9-15-4-1-2-5-17(15)14-19/h1-2,4-5,7-12,14,20H,3,6,13H2,(H,25,27,29)/t20-/m0/s1. The Hall–Kier alpha value is -2.85. The number of nitrogens with one attached hydrogen (secondary N) is 1. The van der Waals surface area contributed by atoms with E-state index in [2.05, 4.69) is 15.5 Å². The van der Waals surface area contributed by atoms with Crippen LogP contribution in [0.25, 0.3) is 21.3 Å². The number of carbonyl (C=O) groups is 1. The van der Waals surface area contributed by atoms with Crippen LogP contribution in [0.3, 0.4) is 0 Å². The van der Waals surface area contributed by atoms with Crippen LogP contribution in [0.2, 0.25) is 5.02 Å². The number of aromatic nitrogens is 2. The highest BCUT2D eigenvalue weighted by molar-refractivity contribution is 7.89. The van der Waals surface area contributed by atoms with Crippen LogP contribution in [0.15, 0.2) is 71.6 Å². The van der Waals surface area contributed by atoms with E-state index in [-0.39, 0.29) is 4.90 Å². The van der Waals surface area contributed by atoms with Gasteiger partial charge in [-0.1, -0.05) is 65.4 Å². The summed E-state index contributed by atoms with van der Waals surface area (Å²) in [5, 5.41) is 14.3. The molecule has 0 aliphatic carbocycles. The number of fused-ring (bicyclic) bond motifs is 1. The lowest BCUT2D eigenvalue weighted by atomic mass is 10.1. The average molecular weight is 499 g/mol. The molecule has 4 aromatic rings. The van der Waals surface area contributed by atoms with Gasteiger partial charge in [-0.3, -0.25) is 10.1 Å². The molecule has 2 heterocycles. The maximum atomic E-state index is 13.4. The highest BCUT2D eigenvalue weighted by atomic mass is 35.5. The van der Waals surface area contributed by atoms with Gasteiger partial charge in [0.2, 0.25) is 21.1 Å². The van der Waals surface area contributed by atoms with Crippen LogP contribution in [0.4, 0.5) is 5.13 Å². The van der Waals surface area contributed by atoms with Gasteiger partial charge in [0.15, 0.2) is 0 Å². The first-order valence-corrected chi connectivity index (χ1v) is 13.0. The lowest BCUT2D eigenvalue weighted by Gasteiger charge is -2.23. The molecular weight excluding hydrogens is 480 g/mol. The summed E-state index contributed by atoms with van der Waals surface area (Å²) in [7, 11) is -3.83. The molecule has 0 spiro atoms. The van der Waals surface area contributed by atoms with Crippen LogP contribution in [0.1, 0.15) is 12.8 Å². The van der Waals surface area contributed by atoms with E-state index in [0.717, 1.165) is 16.3 Å². The van der Waals surface area contributed by atoms with Crippen LogP contribution < -0.4 is 5.32 Å². The maximum Gasteiger partial charge on any atom is 0.244 e. The zero-order valence-electron chi connectivity index (χ0n) is 17.3. The van der Waals surface area contributed by atoms with Gasteiger partial charge < -0.3 is 0 Å². The molecule has 168 valence electrons. The predicted molar refractivity (Wildman–Crippen MR) is 130 cm³/mol. The van der Waals surface area contributed by atoms with Crippen molar-refractivity contribution in [3.05, 3.63) is 71.8 Å². The highest BCUT2D eigenvalue weighted by Gasteiger charge is 2.39. The van der Waals surface area contributed by atoms with Gasteiger partial charge >= 0.3 is 0 Å². The fourth-order valence-corrected chi connectivity index (χ4v) is 6.49. The minimum absolute atomic E-state index is 0.182. The first-order valence-electron chi connectivity index (χ1n) is 10.3. The number of anilines is 1. The SMILES string of the molecule is O=C(Nc1nnc(-c2ccc(Cl)cc2)s1)[C@@H]1CCCN1S(=O)(=O)c1ccc2ccccc2c1. The zero-order valence-corrected chi connectivity index (χ0v) is 19.7. The molecule has 0 unspecified atom stereocenters. The molecule has 0 bridgehead atoms. The Balaban J connectivity index is 1.35. The van der Waals surface area contributed by atoms with Gasteiger partial charge in [0.05, 0.1) is 4.90 Å². The van der Waals surface area contributed by atoms with E-state index < -0.39 is 22.0 Å². The molecule has 3 aromatic carbocycles. The second-order valence-electron chi connectivity index (χ2n) is 7.69. The Kier molecular flexibility index (Phi) is 5.88. The fraction of sp³-hybridized carbons (Fsp3) is 0.174. The minimum Gasteiger partial charge on any atom is -0.299 e. The summed E-state index contributed by atoms with van der Waals surface area (Å²) in [5.41, 5.74) is 0.832. The van der Waals surface area contributed by atoms with Crippen molar-refractivity contribution in [3.8, 4) is 10.6 Å². The number of hydrogen-bond acceptors (Lipinski definition) is 6. The van der Waals surface area contributed by atoms with Crippen molar-refractivity contribution in [2.75, 3.05) is 11.9 Å². The summed E-state index contributed by atoms with van der Waals surface area (Å²) in [6.45, 7) is 0.291. The number of sulfonamides is 1. The van der Waals surface area contributed by atoms with Crippen molar-refractivity contribution in [3.63, 3.8) is 0 Å². The Bertz CT molecular complexity index is 1440. The number of carbonyl (C=O) groups excluding carboxylic acids is 1. The number of rotatable bonds is 5. The van der Waals surface area contributed by atoms with E-state index >= 15 is 0 Å². The van der Waals surface area contributed by atoms with Crippen molar-refractivity contribution < 1.29 is 13.2 Å². The summed E-state index contributed by atoms with van der Waals surface area (Å²) in [6, 6.07) is 19.0. The molecule has 33 heavy (non-hydrogen) atoms. The molecule has 1 fully saturated rings. The Morgan fingerprint density at radius 2 is 1.79 bits per heavy atom. The number of benzene rings is 3. The van der Waals surface area contributed by atoms with E-state index in [1.54, 1.807) is 30.3 Å². The van der Waals surface area contributed by atoms with Gasteiger partial charge in [0, 0.05) is 17.1 Å². The van der Waals surface area contributed by atoms with Gasteiger partial charge in [0.1, 0.15) is 11.0 Å². The zero-order chi connectivity index (χ0) is 23.0. The molecule has 0 saturated carbocycles. The van der Waals surface area contributed by atoms with Crippen LogP contribution in [-0.2, 0) is 14.8 Å². The summed E-state index contributed by atoms with van der Waals surface area (Å²) in [5.74, 6) is -0.407. The summed E-state index contributed by atoms with van der Waals surface area (Å²) >= 11 is 7.15. The number of amides is 1. The first kappa shape index (κ1) is 22.0. The van der Waals surface area contributed by atoms with Crippen molar-refractivity contribution in [2.24, 2.45) is 0 Å². The third-order valence-electron chi connectivity index (χ3n) is 5.58. The summed E-state index contributed by atoms with van der Waals surface area (Å²) in [6.07, 6.45) is 1.05. The predicted octanol–water partition coefficient (Wildman–Crippen LogP) is 4.80. The van der Waals surface area contributed by atoms with Crippen molar-refractivity contribution in [1.29, 1.82) is 0 Å². The maximum absolute atomic E-state index is 13.4. The second kappa shape index (κ2) is 8.83. The van der Waals surface area contributed by atoms with Gasteiger partial charge in [-0.15, -0.1) is 10.2 Å². The molecule has 1 N–H and O–H groups in total. The van der Waals surface area contributed by atoms with Gasteiger partial charge in [-0.2, -0.15) is 4.31 Å². The van der Waals surface area contributed by atoms with Gasteiger partial charge in [-0.25, -0.2) is 8.42 Å². The smallest absolute Gasteiger partial charge is 0.244 e. The van der Waals surface area contributed by atoms with Crippen molar-refractivity contribution >= 4 is 54.8 Å². The van der Waals surface area contributed by atoms with Gasteiger partial charge in [-0.05, 0) is 47.9 Å². The monoisotopic (exact) mass is 498 g/mol. The fourth-order valence-electron chi connectivity index (χ4n) is 3.92. The molecule has 1 atom stereocenters. The topological polar surface area (TPSA) is 92.3 Å². The van der Waals surface area contributed by atoms with Crippen molar-refractivity contribution in [1.82, 2.24) is 14.5 Å². The van der Waals surface area contributed by atoms with Crippen LogP contribution in [0, 0.1) is 0 Å². The lowest BCUT2D eigenvalue weighted by molar-refractivity contribution is -0.119. The number of halogens is 1. The number of nitrogens with zero attached hydrogens (tertiary/aromatic N) is 3. The molecule has 1 aromatic heterocycles. The van der Waals surface area contributed by atoms with E-state index in [1.165, 1.54) is 15.6 Å². The third kappa shape index (κ3) is 4.37. The van der Waals surface area contributed by atoms with E-state index in [4.69, 9.17) is 11.6 Å². The molecule has 0 radical (unpaired) electrons. The van der Waals surface area contributed by atoms with Crippen LogP contribution in [-0.4, -0.2) is 41.4 Å². The molecule has 1 aliphatic rings. The summed E-state index contributed by atoms with van der Waals surface area (Å²) in [4.78, 5) is 13.2. The lowest BCUT2D eigenvalue weighted by Crippen LogP contribution is -2.43. The molecular formula is C23H19ClN4O3S2. The molecule has 5 rings (SSSR count). The second-order valence-corrected chi connectivity index (χ2v) is 11.0. The van der Waals surface area contributed by atoms with Crippen LogP contribution in [0.5, 0.6) is 0 Å². The van der Waals surface area contributed by atoms with E-state index in [9.17, 15) is 13.2 Å². The van der Waals surface area contributed by atoms with E-state index in [1.807, 2.05) is 36.4 Å². The van der Waals surface area contributed by atoms with Crippen LogP contribution >= 0.6 is 22.9 Å². The minimum atomic E-state index is -3.83. The Labute approximate surface area is 200 Å². The molecule has 10 heteroatoms. The highest BCUT2D eigenvalue weighted by Crippen LogP contribution is 2.31. The molecule has 7 nitrogen and oxygen atoms in total. The molecule has 1 aliphatic heterocycles. The van der Waals surface area contributed by atoms with E-state index in [0.29, 0.717) is 34.5 Å². The third-order valence-corrected chi connectivity index (χ3v) is 8.62. The average Bonchev–Trinajstić information content (AvgIpc) is 3.50. The Morgan fingerprint density at radius 3 is 2.58 bits per heavy atom. The van der Waals surface area contributed by atoms with Crippen molar-refractivity contribution in [2.45, 2.75) is 23.8 Å². The largest absolute Gasteiger partial charge is 0.299 e. The number of hydrogen-bond donors (Lipinski definition) is 1. The quantitative estimate of drug-likeness (QED) is 0.426. The normalized spacial score (nSPS) is 16.8. The first-order chi connectivity index (χ1) is 15.9. The van der Waals surface area contributed by atoms with Gasteiger partial charge in [0.25, 0.3) is 0 Å². The summed E-state index contributed by atoms with van der Waals surface area (Å²) < 4.78 is 28.0. The molecule has 1 amide bonds.